The van der Waals surface area contributed by atoms with E-state index < -0.39 is 5.97 Å². The first kappa shape index (κ1) is 9.45. The van der Waals surface area contributed by atoms with E-state index in [4.69, 9.17) is 5.11 Å². The molecule has 2 aromatic rings. The zero-order chi connectivity index (χ0) is 11.0. The number of carbonyl (C=O) groups excluding carboxylic acids is 1. The number of fused-ring (bicyclic) bond motifs is 1. The van der Waals surface area contributed by atoms with Crippen LogP contribution in [0.15, 0.2) is 30.5 Å². The molecular formula is C11H9NO3. The summed E-state index contributed by atoms with van der Waals surface area (Å²) in [4.78, 5) is 22.3. The lowest BCUT2D eigenvalue weighted by Gasteiger charge is -1.99. The molecule has 0 amide bonds. The summed E-state index contributed by atoms with van der Waals surface area (Å²) in [6, 6.07) is 6.81. The molecular weight excluding hydrogens is 194 g/mol. The molecule has 0 fully saturated rings. The van der Waals surface area contributed by atoms with Crippen LogP contribution in [0.5, 0.6) is 0 Å². The first-order chi connectivity index (χ1) is 7.11. The standard InChI is InChI=1S/C11H9NO3/c1-7(13)10-9(11(14)15)6-8-4-2-3-5-12(8)10/h2-6H,1H3,(H,14,15). The third-order valence-electron chi connectivity index (χ3n) is 2.24. The Morgan fingerprint density at radius 2 is 2.07 bits per heavy atom. The average Bonchev–Trinajstić information content (AvgIpc) is 2.56. The van der Waals surface area contributed by atoms with Crippen molar-refractivity contribution in [1.29, 1.82) is 0 Å². The van der Waals surface area contributed by atoms with Crippen LogP contribution in [0.25, 0.3) is 5.52 Å². The van der Waals surface area contributed by atoms with Crippen molar-refractivity contribution in [2.75, 3.05) is 0 Å². The topological polar surface area (TPSA) is 58.8 Å². The van der Waals surface area contributed by atoms with Gasteiger partial charge in [0, 0.05) is 18.6 Å². The molecule has 1 N–H and O–H groups in total. The highest BCUT2D eigenvalue weighted by Gasteiger charge is 2.18. The highest BCUT2D eigenvalue weighted by Crippen LogP contribution is 2.17. The third-order valence-corrected chi connectivity index (χ3v) is 2.24. The van der Waals surface area contributed by atoms with Crippen molar-refractivity contribution in [3.8, 4) is 0 Å². The number of aromatic carboxylic acids is 1. The van der Waals surface area contributed by atoms with Crippen LogP contribution in [0.1, 0.15) is 27.8 Å². The molecule has 0 unspecified atom stereocenters. The van der Waals surface area contributed by atoms with E-state index in [9.17, 15) is 9.59 Å². The lowest BCUT2D eigenvalue weighted by Crippen LogP contribution is -2.06. The number of aromatic nitrogens is 1. The Morgan fingerprint density at radius 1 is 1.33 bits per heavy atom. The predicted molar refractivity (Wildman–Crippen MR) is 54.4 cm³/mol. The average molecular weight is 203 g/mol. The molecule has 0 radical (unpaired) electrons. The van der Waals surface area contributed by atoms with Crippen LogP contribution in [0.2, 0.25) is 0 Å². The number of Topliss-reactive ketones (excluding diaryl/α,β-unsaturated/α-hetero) is 1. The van der Waals surface area contributed by atoms with Gasteiger partial charge in [-0.25, -0.2) is 4.79 Å². The van der Waals surface area contributed by atoms with E-state index in [-0.39, 0.29) is 17.0 Å². The lowest BCUT2D eigenvalue weighted by molar-refractivity contribution is 0.0692. The van der Waals surface area contributed by atoms with Crippen molar-refractivity contribution in [1.82, 2.24) is 4.40 Å². The molecule has 2 heterocycles. The first-order valence-corrected chi connectivity index (χ1v) is 4.45. The molecule has 0 aliphatic heterocycles. The molecule has 2 aromatic heterocycles. The fourth-order valence-corrected chi connectivity index (χ4v) is 1.65. The largest absolute Gasteiger partial charge is 0.478 e. The van der Waals surface area contributed by atoms with Crippen LogP contribution < -0.4 is 0 Å². The van der Waals surface area contributed by atoms with Crippen molar-refractivity contribution < 1.29 is 14.7 Å². The van der Waals surface area contributed by atoms with Crippen molar-refractivity contribution in [3.05, 3.63) is 41.7 Å². The summed E-state index contributed by atoms with van der Waals surface area (Å²) in [7, 11) is 0. The minimum absolute atomic E-state index is 0.0497. The van der Waals surface area contributed by atoms with Gasteiger partial charge >= 0.3 is 5.97 Å². The number of ketones is 1. The number of hydrogen-bond acceptors (Lipinski definition) is 2. The van der Waals surface area contributed by atoms with Gasteiger partial charge in [-0.05, 0) is 18.2 Å². The number of carbonyl (C=O) groups is 2. The van der Waals surface area contributed by atoms with Gasteiger partial charge in [0.2, 0.25) is 0 Å². The zero-order valence-corrected chi connectivity index (χ0v) is 8.10. The second kappa shape index (κ2) is 3.24. The van der Waals surface area contributed by atoms with E-state index in [2.05, 4.69) is 0 Å². The molecule has 0 aromatic carbocycles. The van der Waals surface area contributed by atoms with Crippen LogP contribution in [-0.2, 0) is 0 Å². The zero-order valence-electron chi connectivity index (χ0n) is 8.10. The van der Waals surface area contributed by atoms with Crippen molar-refractivity contribution >= 4 is 17.3 Å². The fourth-order valence-electron chi connectivity index (χ4n) is 1.65. The van der Waals surface area contributed by atoms with Gasteiger partial charge in [0.05, 0.1) is 5.56 Å². The van der Waals surface area contributed by atoms with Gasteiger partial charge in [-0.2, -0.15) is 0 Å². The van der Waals surface area contributed by atoms with Gasteiger partial charge in [0.15, 0.2) is 5.78 Å². The summed E-state index contributed by atoms with van der Waals surface area (Å²) in [5, 5.41) is 8.95. The van der Waals surface area contributed by atoms with Crippen molar-refractivity contribution in [2.24, 2.45) is 0 Å². The van der Waals surface area contributed by atoms with E-state index in [1.54, 1.807) is 28.8 Å². The Balaban J connectivity index is 2.86. The fraction of sp³-hybridized carbons (Fsp3) is 0.0909. The molecule has 15 heavy (non-hydrogen) atoms. The highest BCUT2D eigenvalue weighted by molar-refractivity contribution is 6.05. The Morgan fingerprint density at radius 3 is 2.67 bits per heavy atom. The van der Waals surface area contributed by atoms with Crippen molar-refractivity contribution in [3.63, 3.8) is 0 Å². The summed E-state index contributed by atoms with van der Waals surface area (Å²) in [5.74, 6) is -1.33. The molecule has 0 bridgehead atoms. The number of carboxylic acids is 1. The summed E-state index contributed by atoms with van der Waals surface area (Å²) >= 11 is 0. The molecule has 0 spiro atoms. The van der Waals surface area contributed by atoms with Crippen LogP contribution in [0.3, 0.4) is 0 Å². The van der Waals surface area contributed by atoms with E-state index >= 15 is 0 Å². The SMILES string of the molecule is CC(=O)c1c(C(=O)O)cc2ccccn12. The van der Waals surface area contributed by atoms with Crippen LogP contribution in [0.4, 0.5) is 0 Å². The summed E-state index contributed by atoms with van der Waals surface area (Å²) < 4.78 is 1.59. The van der Waals surface area contributed by atoms with Gasteiger partial charge in [0.25, 0.3) is 0 Å². The molecule has 0 saturated heterocycles. The van der Waals surface area contributed by atoms with Gasteiger partial charge in [0.1, 0.15) is 5.69 Å². The van der Waals surface area contributed by atoms with Gasteiger partial charge in [-0.15, -0.1) is 0 Å². The Hall–Kier alpha value is -2.10. The first-order valence-electron chi connectivity index (χ1n) is 4.45. The lowest BCUT2D eigenvalue weighted by atomic mass is 10.2. The number of nitrogens with zero attached hydrogens (tertiary/aromatic N) is 1. The Labute approximate surface area is 85.8 Å². The molecule has 0 atom stereocenters. The highest BCUT2D eigenvalue weighted by atomic mass is 16.4. The predicted octanol–water partition coefficient (Wildman–Crippen LogP) is 1.84. The normalized spacial score (nSPS) is 10.5. The molecule has 76 valence electrons. The maximum Gasteiger partial charge on any atom is 0.338 e. The maximum absolute atomic E-state index is 11.4. The summed E-state index contributed by atoms with van der Waals surface area (Å²) in [5.41, 5.74) is 0.979. The molecule has 0 saturated carbocycles. The van der Waals surface area contributed by atoms with E-state index in [1.165, 1.54) is 13.0 Å². The number of pyridine rings is 1. The van der Waals surface area contributed by atoms with Crippen molar-refractivity contribution in [2.45, 2.75) is 6.92 Å². The second-order valence-electron chi connectivity index (χ2n) is 3.26. The molecule has 0 aliphatic carbocycles. The van der Waals surface area contributed by atoms with Gasteiger partial charge < -0.3 is 9.51 Å². The van der Waals surface area contributed by atoms with E-state index in [0.29, 0.717) is 5.52 Å². The second-order valence-corrected chi connectivity index (χ2v) is 3.26. The van der Waals surface area contributed by atoms with E-state index in [1.807, 2.05) is 0 Å². The molecule has 4 heteroatoms. The minimum atomic E-state index is -1.08. The van der Waals surface area contributed by atoms with Crippen LogP contribution in [0, 0.1) is 0 Å². The Bertz CT molecular complexity index is 554. The molecule has 4 nitrogen and oxygen atoms in total. The van der Waals surface area contributed by atoms with E-state index in [0.717, 1.165) is 0 Å². The van der Waals surface area contributed by atoms with Gasteiger partial charge in [-0.3, -0.25) is 4.79 Å². The summed E-state index contributed by atoms with van der Waals surface area (Å²) in [6.07, 6.45) is 1.68. The molecule has 2 rings (SSSR count). The Kier molecular flexibility index (Phi) is 2.04. The summed E-state index contributed by atoms with van der Waals surface area (Å²) in [6.45, 7) is 1.36. The minimum Gasteiger partial charge on any atom is -0.478 e. The smallest absolute Gasteiger partial charge is 0.338 e. The monoisotopic (exact) mass is 203 g/mol. The third kappa shape index (κ3) is 1.40. The van der Waals surface area contributed by atoms with Crippen LogP contribution in [-0.4, -0.2) is 21.3 Å². The quantitative estimate of drug-likeness (QED) is 0.757. The number of hydrogen-bond donors (Lipinski definition) is 1. The van der Waals surface area contributed by atoms with Crippen LogP contribution >= 0.6 is 0 Å². The number of rotatable bonds is 2. The molecule has 0 aliphatic rings. The van der Waals surface area contributed by atoms with Gasteiger partial charge in [-0.1, -0.05) is 6.07 Å². The maximum atomic E-state index is 11.4. The number of carboxylic acid groups (broad SMARTS) is 1.